The lowest BCUT2D eigenvalue weighted by molar-refractivity contribution is 0.0248. The molecule has 6 heteroatoms. The Balaban J connectivity index is 1.60. The second-order valence-corrected chi connectivity index (χ2v) is 10.3. The van der Waals surface area contributed by atoms with Crippen LogP contribution in [0.4, 0.5) is 0 Å². The van der Waals surface area contributed by atoms with Crippen molar-refractivity contribution in [2.45, 2.75) is 45.6 Å². The summed E-state index contributed by atoms with van der Waals surface area (Å²) in [6, 6.07) is 11.5. The molecule has 2 atom stereocenters. The molecule has 3 heterocycles. The van der Waals surface area contributed by atoms with Crippen molar-refractivity contribution in [3.63, 3.8) is 0 Å². The molecule has 1 aliphatic rings. The molecule has 0 unspecified atom stereocenters. The maximum Gasteiger partial charge on any atom is 0.253 e. The first-order valence-electron chi connectivity index (χ1n) is 11.3. The van der Waals surface area contributed by atoms with Crippen molar-refractivity contribution in [2.24, 2.45) is 5.92 Å². The molecule has 5 nitrogen and oxygen atoms in total. The average Bonchev–Trinajstić information content (AvgIpc) is 2.80. The van der Waals surface area contributed by atoms with Crippen molar-refractivity contribution in [1.29, 1.82) is 0 Å². The molecule has 2 aromatic heterocycles. The highest BCUT2D eigenvalue weighted by Crippen LogP contribution is 2.32. The summed E-state index contributed by atoms with van der Waals surface area (Å²) >= 11 is 6.62. The van der Waals surface area contributed by atoms with Gasteiger partial charge in [0.1, 0.15) is 0 Å². The lowest BCUT2D eigenvalue weighted by atomic mass is 9.90. The fourth-order valence-electron chi connectivity index (χ4n) is 4.06. The number of rotatable bonds is 3. The summed E-state index contributed by atoms with van der Waals surface area (Å²) < 4.78 is 0. The Morgan fingerprint density at radius 3 is 2.55 bits per heavy atom. The molecule has 3 aromatic rings. The second-order valence-electron chi connectivity index (χ2n) is 9.92. The molecular weight excluding hydrogens is 434 g/mol. The summed E-state index contributed by atoms with van der Waals surface area (Å²) in [5, 5.41) is 10.6. The largest absolute Gasteiger partial charge is 0.391 e. The van der Waals surface area contributed by atoms with Crippen LogP contribution in [-0.4, -0.2) is 45.1 Å². The van der Waals surface area contributed by atoms with Crippen LogP contribution in [0.15, 0.2) is 55.0 Å². The monoisotopic (exact) mass is 463 g/mol. The van der Waals surface area contributed by atoms with Crippen LogP contribution in [0.5, 0.6) is 0 Å². The molecule has 0 saturated carbocycles. The minimum atomic E-state index is -0.488. The Bertz CT molecular complexity index is 1170. The summed E-state index contributed by atoms with van der Waals surface area (Å²) in [5.74, 6) is 0.104. The third kappa shape index (κ3) is 5.10. The third-order valence-corrected chi connectivity index (χ3v) is 6.65. The maximum atomic E-state index is 12.9. The number of halogens is 1. The topological polar surface area (TPSA) is 66.3 Å². The minimum absolute atomic E-state index is 0.0465. The van der Waals surface area contributed by atoms with E-state index in [0.717, 1.165) is 34.4 Å². The number of carbonyl (C=O) groups is 1. The first-order chi connectivity index (χ1) is 15.6. The van der Waals surface area contributed by atoms with Crippen molar-refractivity contribution in [1.82, 2.24) is 14.9 Å². The van der Waals surface area contributed by atoms with Gasteiger partial charge in [0.05, 0.1) is 6.10 Å². The van der Waals surface area contributed by atoms with Crippen LogP contribution in [0.2, 0.25) is 5.02 Å². The van der Waals surface area contributed by atoms with E-state index in [1.165, 1.54) is 0 Å². The third-order valence-electron chi connectivity index (χ3n) is 6.33. The highest BCUT2D eigenvalue weighted by molar-refractivity contribution is 6.33. The summed E-state index contributed by atoms with van der Waals surface area (Å²) in [7, 11) is 0. The van der Waals surface area contributed by atoms with Gasteiger partial charge in [-0.2, -0.15) is 0 Å². The van der Waals surface area contributed by atoms with Gasteiger partial charge >= 0.3 is 0 Å². The van der Waals surface area contributed by atoms with Crippen molar-refractivity contribution < 1.29 is 9.90 Å². The number of aliphatic hydroxyl groups is 1. The first kappa shape index (κ1) is 23.4. The van der Waals surface area contributed by atoms with E-state index < -0.39 is 6.10 Å². The van der Waals surface area contributed by atoms with Crippen molar-refractivity contribution >= 4 is 17.5 Å². The van der Waals surface area contributed by atoms with Gasteiger partial charge in [-0.05, 0) is 48.2 Å². The molecule has 0 bridgehead atoms. The van der Waals surface area contributed by atoms with Crippen LogP contribution < -0.4 is 0 Å². The Morgan fingerprint density at radius 1 is 1.09 bits per heavy atom. The van der Waals surface area contributed by atoms with Gasteiger partial charge < -0.3 is 10.0 Å². The lowest BCUT2D eigenvalue weighted by Gasteiger charge is -2.34. The number of piperidine rings is 1. The number of aliphatic hydroxyl groups excluding tert-OH is 1. The molecule has 1 saturated heterocycles. The highest BCUT2D eigenvalue weighted by Gasteiger charge is 2.28. The molecule has 0 aliphatic carbocycles. The summed E-state index contributed by atoms with van der Waals surface area (Å²) in [6.07, 6.45) is 5.75. The first-order valence-corrected chi connectivity index (χ1v) is 11.7. The molecule has 0 spiro atoms. The molecule has 1 aliphatic heterocycles. The number of carbonyl (C=O) groups excluding carboxylic acids is 1. The number of benzene rings is 1. The van der Waals surface area contributed by atoms with Gasteiger partial charge in [0.2, 0.25) is 0 Å². The zero-order chi connectivity index (χ0) is 23.8. The number of aromatic nitrogens is 2. The number of hydrogen-bond donors (Lipinski definition) is 1. The van der Waals surface area contributed by atoms with E-state index >= 15 is 0 Å². The van der Waals surface area contributed by atoms with Crippen LogP contribution in [-0.2, 0) is 5.41 Å². The molecule has 1 amide bonds. The average molecular weight is 464 g/mol. The van der Waals surface area contributed by atoms with Gasteiger partial charge in [0.25, 0.3) is 5.91 Å². The summed E-state index contributed by atoms with van der Waals surface area (Å²) in [4.78, 5) is 23.6. The van der Waals surface area contributed by atoms with Gasteiger partial charge in [0.15, 0.2) is 0 Å². The summed E-state index contributed by atoms with van der Waals surface area (Å²) in [5.41, 5.74) is 5.22. The van der Waals surface area contributed by atoms with Crippen molar-refractivity contribution in [2.75, 3.05) is 13.1 Å². The number of nitrogens with zero attached hydrogens (tertiary/aromatic N) is 3. The number of amides is 1. The van der Waals surface area contributed by atoms with Crippen LogP contribution in [0.3, 0.4) is 0 Å². The SMILES string of the molecule is C[C@H]1CCN(C(=O)c2ccc(-c3cncc(-c4ccnc(C(C)(C)C)c4)c3)c(Cl)c2)C[C@H]1O. The molecule has 1 N–H and O–H groups in total. The molecule has 0 radical (unpaired) electrons. The van der Waals surface area contributed by atoms with Gasteiger partial charge in [-0.3, -0.25) is 14.8 Å². The number of pyridine rings is 2. The quantitative estimate of drug-likeness (QED) is 0.548. The molecule has 1 fully saturated rings. The van der Waals surface area contributed by atoms with Crippen molar-refractivity contribution in [3.05, 3.63) is 71.3 Å². The molecule has 172 valence electrons. The second kappa shape index (κ2) is 9.24. The predicted octanol–water partition coefficient (Wildman–Crippen LogP) is 5.60. The normalized spacial score (nSPS) is 18.9. The summed E-state index contributed by atoms with van der Waals surface area (Å²) in [6.45, 7) is 9.43. The van der Waals surface area contributed by atoms with Gasteiger partial charge in [0, 0.05) is 70.1 Å². The van der Waals surface area contributed by atoms with E-state index in [2.05, 4.69) is 42.9 Å². The smallest absolute Gasteiger partial charge is 0.253 e. The van der Waals surface area contributed by atoms with Crippen LogP contribution in [0.25, 0.3) is 22.3 Å². The predicted molar refractivity (Wildman–Crippen MR) is 132 cm³/mol. The zero-order valence-electron chi connectivity index (χ0n) is 19.5. The fourth-order valence-corrected chi connectivity index (χ4v) is 4.35. The number of likely N-dealkylation sites (tertiary alicyclic amines) is 1. The van der Waals surface area contributed by atoms with E-state index in [1.54, 1.807) is 23.2 Å². The van der Waals surface area contributed by atoms with Gasteiger partial charge in [-0.15, -0.1) is 0 Å². The molecular formula is C27H30ClN3O2. The van der Waals surface area contributed by atoms with E-state index in [4.69, 9.17) is 11.6 Å². The van der Waals surface area contributed by atoms with E-state index in [1.807, 2.05) is 31.5 Å². The van der Waals surface area contributed by atoms with Crippen LogP contribution in [0.1, 0.15) is 50.2 Å². The molecule has 4 rings (SSSR count). The van der Waals surface area contributed by atoms with Crippen LogP contribution in [0, 0.1) is 5.92 Å². The van der Waals surface area contributed by atoms with Crippen LogP contribution >= 0.6 is 11.6 Å². The van der Waals surface area contributed by atoms with E-state index in [9.17, 15) is 9.90 Å². The fraction of sp³-hybridized carbons (Fsp3) is 0.370. The number of β-amino-alcohol motifs (C(OH)–C–C–N with tert-alkyl or cyclic N) is 1. The highest BCUT2D eigenvalue weighted by atomic mass is 35.5. The Morgan fingerprint density at radius 2 is 1.85 bits per heavy atom. The molecule has 1 aromatic carbocycles. The minimum Gasteiger partial charge on any atom is -0.391 e. The van der Waals surface area contributed by atoms with Gasteiger partial charge in [-0.25, -0.2) is 0 Å². The Kier molecular flexibility index (Phi) is 6.55. The zero-order valence-corrected chi connectivity index (χ0v) is 20.3. The lowest BCUT2D eigenvalue weighted by Crippen LogP contribution is -2.45. The molecule has 33 heavy (non-hydrogen) atoms. The van der Waals surface area contributed by atoms with Gasteiger partial charge in [-0.1, -0.05) is 45.4 Å². The van der Waals surface area contributed by atoms with E-state index in [-0.39, 0.29) is 17.2 Å². The van der Waals surface area contributed by atoms with Crippen molar-refractivity contribution in [3.8, 4) is 22.3 Å². The Hall–Kier alpha value is -2.76. The Labute approximate surface area is 200 Å². The standard InChI is InChI=1S/C27H30ClN3O2/c1-17-8-10-31(16-24(17)32)26(33)19-5-6-22(23(28)12-19)21-11-20(14-29-15-21)18-7-9-30-25(13-18)27(2,3)4/h5-7,9,11-15,17,24,32H,8,10,16H2,1-4H3/t17-,24+/m0/s1. The number of hydrogen-bond acceptors (Lipinski definition) is 4. The maximum absolute atomic E-state index is 12.9. The van der Waals surface area contributed by atoms with E-state index in [0.29, 0.717) is 23.7 Å².